The van der Waals surface area contributed by atoms with Crippen molar-refractivity contribution in [3.63, 3.8) is 0 Å². The fourth-order valence-electron chi connectivity index (χ4n) is 1.69. The lowest BCUT2D eigenvalue weighted by Gasteiger charge is -2.04. The molecule has 0 atom stereocenters. The molecule has 17 heavy (non-hydrogen) atoms. The number of aldehydes is 1. The van der Waals surface area contributed by atoms with Gasteiger partial charge in [-0.05, 0) is 41.0 Å². The van der Waals surface area contributed by atoms with Gasteiger partial charge in [0.05, 0.1) is 12.5 Å². The lowest BCUT2D eigenvalue weighted by Crippen LogP contribution is -1.89. The Bertz CT molecular complexity index is 571. The molecule has 0 N–H and O–H groups in total. The molecule has 0 bridgehead atoms. The topological polar surface area (TPSA) is 53.8 Å². The van der Waals surface area contributed by atoms with Crippen molar-refractivity contribution in [2.75, 3.05) is 0 Å². The first-order valence-corrected chi connectivity index (χ1v) is 5.20. The third-order valence-corrected chi connectivity index (χ3v) is 2.45. The fourth-order valence-corrected chi connectivity index (χ4v) is 1.69. The fraction of sp³-hybridized carbons (Fsp3) is 0.0714. The van der Waals surface area contributed by atoms with Gasteiger partial charge in [-0.3, -0.25) is 9.78 Å². The maximum atomic E-state index is 10.9. The molecule has 0 fully saturated rings. The van der Waals surface area contributed by atoms with E-state index < -0.39 is 0 Å². The van der Waals surface area contributed by atoms with E-state index in [1.807, 2.05) is 24.3 Å². The Morgan fingerprint density at radius 2 is 1.94 bits per heavy atom. The number of pyridine rings is 1. The Kier molecular flexibility index (Phi) is 3.27. The molecule has 3 nitrogen and oxygen atoms in total. The molecule has 0 radical (unpaired) electrons. The normalized spacial score (nSPS) is 9.59. The van der Waals surface area contributed by atoms with Crippen molar-refractivity contribution in [1.29, 1.82) is 5.26 Å². The van der Waals surface area contributed by atoms with Crippen molar-refractivity contribution in [2.24, 2.45) is 0 Å². The molecule has 0 saturated heterocycles. The summed E-state index contributed by atoms with van der Waals surface area (Å²) in [7, 11) is 0. The molecule has 0 saturated carbocycles. The van der Waals surface area contributed by atoms with Crippen molar-refractivity contribution in [3.05, 3.63) is 53.9 Å². The van der Waals surface area contributed by atoms with Crippen molar-refractivity contribution < 1.29 is 4.79 Å². The molecule has 3 heteroatoms. The smallest absolute Gasteiger partial charge is 0.150 e. The van der Waals surface area contributed by atoms with E-state index in [-0.39, 0.29) is 0 Å². The number of nitrogens with zero attached hydrogens (tertiary/aromatic N) is 2. The summed E-state index contributed by atoms with van der Waals surface area (Å²) in [5, 5.41) is 8.70. The largest absolute Gasteiger partial charge is 0.298 e. The SMILES string of the molecule is N#CCc1cc(C=O)cc(-c2ccncc2)c1. The summed E-state index contributed by atoms with van der Waals surface area (Å²) in [6.07, 6.45) is 4.51. The maximum Gasteiger partial charge on any atom is 0.150 e. The highest BCUT2D eigenvalue weighted by Crippen LogP contribution is 2.21. The lowest BCUT2D eigenvalue weighted by molar-refractivity contribution is 0.112. The summed E-state index contributed by atoms with van der Waals surface area (Å²) < 4.78 is 0. The van der Waals surface area contributed by atoms with Crippen LogP contribution in [0, 0.1) is 11.3 Å². The predicted molar refractivity (Wildman–Crippen MR) is 64.4 cm³/mol. The first kappa shape index (κ1) is 11.0. The number of aromatic nitrogens is 1. The van der Waals surface area contributed by atoms with E-state index >= 15 is 0 Å². The highest BCUT2D eigenvalue weighted by Gasteiger charge is 2.02. The van der Waals surface area contributed by atoms with Crippen LogP contribution in [0.3, 0.4) is 0 Å². The second-order valence-electron chi connectivity index (χ2n) is 3.65. The first-order valence-electron chi connectivity index (χ1n) is 5.20. The summed E-state index contributed by atoms with van der Waals surface area (Å²) in [5.74, 6) is 0. The van der Waals surface area contributed by atoms with Gasteiger partial charge in [0, 0.05) is 18.0 Å². The molecule has 1 aromatic carbocycles. The van der Waals surface area contributed by atoms with Gasteiger partial charge in [-0.25, -0.2) is 0 Å². The van der Waals surface area contributed by atoms with Gasteiger partial charge < -0.3 is 0 Å². The summed E-state index contributed by atoms with van der Waals surface area (Å²) in [6.45, 7) is 0. The van der Waals surface area contributed by atoms with Crippen LogP contribution >= 0.6 is 0 Å². The van der Waals surface area contributed by atoms with E-state index in [4.69, 9.17) is 5.26 Å². The van der Waals surface area contributed by atoms with Gasteiger partial charge in [0.2, 0.25) is 0 Å². The molecule has 82 valence electrons. The lowest BCUT2D eigenvalue weighted by atomic mass is 10.00. The number of hydrogen-bond acceptors (Lipinski definition) is 3. The van der Waals surface area contributed by atoms with Crippen LogP contribution in [0.4, 0.5) is 0 Å². The van der Waals surface area contributed by atoms with Crippen LogP contribution in [-0.2, 0) is 6.42 Å². The van der Waals surface area contributed by atoms with Gasteiger partial charge in [0.1, 0.15) is 6.29 Å². The molecule has 1 heterocycles. The number of carbonyl (C=O) groups is 1. The molecule has 0 unspecified atom stereocenters. The second kappa shape index (κ2) is 5.04. The molecule has 0 aliphatic heterocycles. The Balaban J connectivity index is 2.51. The number of benzene rings is 1. The Labute approximate surface area is 99.4 Å². The third kappa shape index (κ3) is 2.56. The minimum Gasteiger partial charge on any atom is -0.298 e. The Morgan fingerprint density at radius 3 is 2.59 bits per heavy atom. The molecule has 0 aliphatic rings. The predicted octanol–water partition coefficient (Wildman–Crippen LogP) is 2.63. The minimum absolute atomic E-state index is 0.305. The van der Waals surface area contributed by atoms with Crippen LogP contribution in [0.25, 0.3) is 11.1 Å². The van der Waals surface area contributed by atoms with Gasteiger partial charge >= 0.3 is 0 Å². The van der Waals surface area contributed by atoms with E-state index in [0.717, 1.165) is 23.0 Å². The van der Waals surface area contributed by atoms with Gasteiger partial charge in [-0.15, -0.1) is 0 Å². The van der Waals surface area contributed by atoms with Crippen molar-refractivity contribution in [2.45, 2.75) is 6.42 Å². The molecule has 1 aromatic heterocycles. The average molecular weight is 222 g/mol. The monoisotopic (exact) mass is 222 g/mol. The summed E-state index contributed by atoms with van der Waals surface area (Å²) in [6, 6.07) is 11.3. The number of carbonyl (C=O) groups excluding carboxylic acids is 1. The number of hydrogen-bond donors (Lipinski definition) is 0. The van der Waals surface area contributed by atoms with Gasteiger partial charge in [-0.2, -0.15) is 5.26 Å². The molecule has 2 aromatic rings. The zero-order chi connectivity index (χ0) is 12.1. The zero-order valence-corrected chi connectivity index (χ0v) is 9.13. The van der Waals surface area contributed by atoms with Crippen molar-refractivity contribution in [3.8, 4) is 17.2 Å². The van der Waals surface area contributed by atoms with E-state index in [2.05, 4.69) is 11.1 Å². The quantitative estimate of drug-likeness (QED) is 0.750. The van der Waals surface area contributed by atoms with Crippen molar-refractivity contribution in [1.82, 2.24) is 4.98 Å². The van der Waals surface area contributed by atoms with Gasteiger partial charge in [-0.1, -0.05) is 6.07 Å². The van der Waals surface area contributed by atoms with Crippen LogP contribution in [-0.4, -0.2) is 11.3 Å². The maximum absolute atomic E-state index is 10.9. The van der Waals surface area contributed by atoms with Gasteiger partial charge in [0.25, 0.3) is 0 Å². The molecular weight excluding hydrogens is 212 g/mol. The summed E-state index contributed by atoms with van der Waals surface area (Å²) >= 11 is 0. The third-order valence-electron chi connectivity index (χ3n) is 2.45. The highest BCUT2D eigenvalue weighted by atomic mass is 16.1. The molecular formula is C14H10N2O. The van der Waals surface area contributed by atoms with E-state index in [1.54, 1.807) is 18.5 Å². The Morgan fingerprint density at radius 1 is 1.18 bits per heavy atom. The van der Waals surface area contributed by atoms with Crippen LogP contribution in [0.2, 0.25) is 0 Å². The molecule has 0 spiro atoms. The van der Waals surface area contributed by atoms with E-state index in [0.29, 0.717) is 12.0 Å². The number of nitriles is 1. The van der Waals surface area contributed by atoms with E-state index in [1.165, 1.54) is 0 Å². The standard InChI is InChI=1S/C14H10N2O/c15-4-1-11-7-12(10-17)9-14(8-11)13-2-5-16-6-3-13/h2-3,5-10H,1H2. The zero-order valence-electron chi connectivity index (χ0n) is 9.13. The summed E-state index contributed by atoms with van der Waals surface area (Å²) in [5.41, 5.74) is 3.36. The molecule has 0 amide bonds. The molecule has 0 aliphatic carbocycles. The van der Waals surface area contributed by atoms with Crippen LogP contribution in [0.1, 0.15) is 15.9 Å². The van der Waals surface area contributed by atoms with Crippen LogP contribution in [0.15, 0.2) is 42.7 Å². The van der Waals surface area contributed by atoms with Crippen molar-refractivity contribution >= 4 is 6.29 Å². The van der Waals surface area contributed by atoms with Gasteiger partial charge in [0.15, 0.2) is 0 Å². The summed E-state index contributed by atoms with van der Waals surface area (Å²) in [4.78, 5) is 14.8. The van der Waals surface area contributed by atoms with E-state index in [9.17, 15) is 4.79 Å². The minimum atomic E-state index is 0.305. The average Bonchev–Trinajstić information content (AvgIpc) is 2.40. The first-order chi connectivity index (χ1) is 8.33. The second-order valence-corrected chi connectivity index (χ2v) is 3.65. The number of rotatable bonds is 3. The van der Waals surface area contributed by atoms with Crippen LogP contribution < -0.4 is 0 Å². The Hall–Kier alpha value is -2.47. The van der Waals surface area contributed by atoms with Crippen LogP contribution in [0.5, 0.6) is 0 Å². The highest BCUT2D eigenvalue weighted by molar-refractivity contribution is 5.79. The molecule has 2 rings (SSSR count).